The van der Waals surface area contributed by atoms with Crippen molar-refractivity contribution in [3.63, 3.8) is 0 Å². The summed E-state index contributed by atoms with van der Waals surface area (Å²) in [6.45, 7) is 4.08. The molecule has 3 rings (SSSR count). The monoisotopic (exact) mass is 281 g/mol. The van der Waals surface area contributed by atoms with E-state index in [0.29, 0.717) is 5.69 Å². The fraction of sp³-hybridized carbons (Fsp3) is 0.125. The Bertz CT molecular complexity index is 764. The number of pyridine rings is 2. The van der Waals surface area contributed by atoms with Crippen LogP contribution in [0.3, 0.4) is 0 Å². The number of anilines is 1. The van der Waals surface area contributed by atoms with Gasteiger partial charge in [-0.3, -0.25) is 4.98 Å². The van der Waals surface area contributed by atoms with Crippen LogP contribution in [0.1, 0.15) is 11.3 Å². The average molecular weight is 281 g/mol. The van der Waals surface area contributed by atoms with Crippen LogP contribution in [0, 0.1) is 13.8 Å². The minimum Gasteiger partial charge on any atom is -0.397 e. The summed E-state index contributed by atoms with van der Waals surface area (Å²) in [7, 11) is 0. The van der Waals surface area contributed by atoms with Gasteiger partial charge in [-0.2, -0.15) is 0 Å². The van der Waals surface area contributed by atoms with E-state index in [4.69, 9.17) is 5.73 Å². The lowest BCUT2D eigenvalue weighted by molar-refractivity contribution is 1.05. The molecule has 0 saturated carbocycles. The number of fused-ring (bicyclic) bond motifs is 1. The summed E-state index contributed by atoms with van der Waals surface area (Å²) >= 11 is 1.60. The Kier molecular flexibility index (Phi) is 3.32. The number of aromatic nitrogens is 2. The van der Waals surface area contributed by atoms with Gasteiger partial charge in [0.05, 0.1) is 17.4 Å². The highest BCUT2D eigenvalue weighted by Gasteiger charge is 2.09. The number of para-hydroxylation sites is 1. The number of nitrogen functional groups attached to an aromatic ring is 1. The summed E-state index contributed by atoms with van der Waals surface area (Å²) in [5.74, 6) is 0. The molecule has 3 nitrogen and oxygen atoms in total. The number of aryl methyl sites for hydroxylation is 2. The van der Waals surface area contributed by atoms with Gasteiger partial charge in [0.25, 0.3) is 0 Å². The van der Waals surface area contributed by atoms with Gasteiger partial charge in [0.1, 0.15) is 5.03 Å². The van der Waals surface area contributed by atoms with Gasteiger partial charge in [-0.25, -0.2) is 4.98 Å². The predicted octanol–water partition coefficient (Wildman–Crippen LogP) is 3.98. The van der Waals surface area contributed by atoms with Crippen molar-refractivity contribution in [1.29, 1.82) is 0 Å². The lowest BCUT2D eigenvalue weighted by atomic mass is 10.2. The van der Waals surface area contributed by atoms with Gasteiger partial charge < -0.3 is 5.73 Å². The Labute approximate surface area is 122 Å². The molecule has 0 bridgehead atoms. The number of hydrogen-bond donors (Lipinski definition) is 1. The van der Waals surface area contributed by atoms with Crippen molar-refractivity contribution in [2.24, 2.45) is 0 Å². The number of rotatable bonds is 2. The molecule has 0 fully saturated rings. The molecule has 0 amide bonds. The van der Waals surface area contributed by atoms with E-state index in [1.807, 2.05) is 31.2 Å². The van der Waals surface area contributed by atoms with Gasteiger partial charge in [0, 0.05) is 16.0 Å². The van der Waals surface area contributed by atoms with Crippen LogP contribution in [0.2, 0.25) is 0 Å². The van der Waals surface area contributed by atoms with Crippen molar-refractivity contribution >= 4 is 28.4 Å². The van der Waals surface area contributed by atoms with Crippen LogP contribution in [0.4, 0.5) is 5.69 Å². The zero-order valence-corrected chi connectivity index (χ0v) is 12.2. The summed E-state index contributed by atoms with van der Waals surface area (Å²) < 4.78 is 0. The van der Waals surface area contributed by atoms with Crippen molar-refractivity contribution in [3.8, 4) is 0 Å². The third-order valence-electron chi connectivity index (χ3n) is 3.03. The normalized spacial score (nSPS) is 10.9. The van der Waals surface area contributed by atoms with Crippen molar-refractivity contribution < 1.29 is 0 Å². The molecule has 0 aliphatic heterocycles. The van der Waals surface area contributed by atoms with Crippen LogP contribution >= 0.6 is 11.8 Å². The molecule has 0 radical (unpaired) electrons. The molecule has 100 valence electrons. The van der Waals surface area contributed by atoms with Gasteiger partial charge in [0.15, 0.2) is 0 Å². The van der Waals surface area contributed by atoms with E-state index >= 15 is 0 Å². The Morgan fingerprint density at radius 2 is 1.90 bits per heavy atom. The highest BCUT2D eigenvalue weighted by Crippen LogP contribution is 2.36. The molecule has 1 aromatic carbocycles. The van der Waals surface area contributed by atoms with Gasteiger partial charge in [0.2, 0.25) is 0 Å². The van der Waals surface area contributed by atoms with Gasteiger partial charge in [-0.1, -0.05) is 30.0 Å². The zero-order chi connectivity index (χ0) is 14.1. The number of hydrogen-bond acceptors (Lipinski definition) is 4. The molecule has 2 N–H and O–H groups in total. The Balaban J connectivity index is 2.12. The van der Waals surface area contributed by atoms with Crippen molar-refractivity contribution in [2.45, 2.75) is 23.8 Å². The summed E-state index contributed by atoms with van der Waals surface area (Å²) in [6, 6.07) is 12.2. The van der Waals surface area contributed by atoms with Crippen LogP contribution in [0.25, 0.3) is 10.9 Å². The van der Waals surface area contributed by atoms with Crippen LogP contribution in [-0.2, 0) is 0 Å². The van der Waals surface area contributed by atoms with E-state index in [0.717, 1.165) is 26.5 Å². The summed E-state index contributed by atoms with van der Waals surface area (Å²) in [6.07, 6.45) is 1.72. The molecule has 0 saturated heterocycles. The maximum absolute atomic E-state index is 6.10. The minimum atomic E-state index is 0.689. The minimum absolute atomic E-state index is 0.689. The standard InChI is InChI=1S/C16H15N3S/c1-10-7-11(2)19-15(8-10)20-16-12-5-3-4-6-14(12)18-9-13(16)17/h3-9H,17H2,1-2H3. The SMILES string of the molecule is Cc1cc(C)nc(Sc2c(N)cnc3ccccc23)c1. The van der Waals surface area contributed by atoms with Crippen molar-refractivity contribution in [3.05, 3.63) is 53.9 Å². The van der Waals surface area contributed by atoms with E-state index in [2.05, 4.69) is 29.0 Å². The predicted molar refractivity (Wildman–Crippen MR) is 84.0 cm³/mol. The van der Waals surface area contributed by atoms with E-state index in [-0.39, 0.29) is 0 Å². The molecule has 0 atom stereocenters. The topological polar surface area (TPSA) is 51.8 Å². The average Bonchev–Trinajstić information content (AvgIpc) is 2.41. The lowest BCUT2D eigenvalue weighted by Crippen LogP contribution is -1.93. The number of nitrogens with two attached hydrogens (primary N) is 1. The first-order chi connectivity index (χ1) is 9.63. The molecule has 2 aromatic heterocycles. The van der Waals surface area contributed by atoms with E-state index in [1.54, 1.807) is 18.0 Å². The zero-order valence-electron chi connectivity index (χ0n) is 11.4. The second kappa shape index (κ2) is 5.13. The summed E-state index contributed by atoms with van der Waals surface area (Å²) in [4.78, 5) is 9.94. The number of benzene rings is 1. The fourth-order valence-corrected chi connectivity index (χ4v) is 3.30. The van der Waals surface area contributed by atoms with Crippen LogP contribution in [0.5, 0.6) is 0 Å². The first kappa shape index (κ1) is 12.9. The van der Waals surface area contributed by atoms with E-state index < -0.39 is 0 Å². The van der Waals surface area contributed by atoms with Crippen LogP contribution in [0.15, 0.2) is 52.5 Å². The first-order valence-corrected chi connectivity index (χ1v) is 7.21. The fourth-order valence-electron chi connectivity index (χ4n) is 2.21. The third-order valence-corrected chi connectivity index (χ3v) is 4.11. The van der Waals surface area contributed by atoms with Gasteiger partial charge in [-0.15, -0.1) is 0 Å². The lowest BCUT2D eigenvalue weighted by Gasteiger charge is -2.09. The Morgan fingerprint density at radius 3 is 2.70 bits per heavy atom. The Morgan fingerprint density at radius 1 is 1.10 bits per heavy atom. The van der Waals surface area contributed by atoms with E-state index in [9.17, 15) is 0 Å². The maximum Gasteiger partial charge on any atom is 0.101 e. The molecular formula is C16H15N3S. The molecule has 0 aliphatic rings. The molecular weight excluding hydrogens is 266 g/mol. The van der Waals surface area contributed by atoms with Crippen LogP contribution in [-0.4, -0.2) is 9.97 Å². The first-order valence-electron chi connectivity index (χ1n) is 6.40. The largest absolute Gasteiger partial charge is 0.397 e. The van der Waals surface area contributed by atoms with Crippen molar-refractivity contribution in [2.75, 3.05) is 5.73 Å². The smallest absolute Gasteiger partial charge is 0.101 e. The maximum atomic E-state index is 6.10. The molecule has 2 heterocycles. The van der Waals surface area contributed by atoms with Gasteiger partial charge in [-0.05, 0) is 37.6 Å². The third kappa shape index (κ3) is 2.47. The summed E-state index contributed by atoms with van der Waals surface area (Å²) in [5.41, 5.74) is 9.96. The molecule has 4 heteroatoms. The van der Waals surface area contributed by atoms with Crippen LogP contribution < -0.4 is 5.73 Å². The molecule has 3 aromatic rings. The molecule has 0 spiro atoms. The second-order valence-electron chi connectivity index (χ2n) is 4.79. The summed E-state index contributed by atoms with van der Waals surface area (Å²) in [5, 5.41) is 2.03. The van der Waals surface area contributed by atoms with Crippen molar-refractivity contribution in [1.82, 2.24) is 9.97 Å². The molecule has 20 heavy (non-hydrogen) atoms. The highest BCUT2D eigenvalue weighted by molar-refractivity contribution is 7.99. The molecule has 0 aliphatic carbocycles. The highest BCUT2D eigenvalue weighted by atomic mass is 32.2. The van der Waals surface area contributed by atoms with Gasteiger partial charge >= 0.3 is 0 Å². The molecule has 0 unspecified atom stereocenters. The quantitative estimate of drug-likeness (QED) is 0.772. The number of nitrogens with zero attached hydrogens (tertiary/aromatic N) is 2. The second-order valence-corrected chi connectivity index (χ2v) is 5.82. The van der Waals surface area contributed by atoms with E-state index in [1.165, 1.54) is 5.56 Å². The Hall–Kier alpha value is -2.07.